The zero-order valence-corrected chi connectivity index (χ0v) is 16.1. The minimum absolute atomic E-state index is 0.232. The molecule has 0 spiro atoms. The Labute approximate surface area is 168 Å². The summed E-state index contributed by atoms with van der Waals surface area (Å²) in [7, 11) is 0. The van der Waals surface area contributed by atoms with Gasteiger partial charge in [-0.25, -0.2) is 14.8 Å². The lowest BCUT2D eigenvalue weighted by atomic mass is 10.1. The van der Waals surface area contributed by atoms with Gasteiger partial charge in [0.2, 0.25) is 0 Å². The lowest BCUT2D eigenvalue weighted by molar-refractivity contribution is 0.0697. The molecule has 1 fully saturated rings. The lowest BCUT2D eigenvalue weighted by Crippen LogP contribution is -2.26. The number of H-pyrrole nitrogens is 1. The van der Waals surface area contributed by atoms with Gasteiger partial charge in [0.25, 0.3) is 0 Å². The van der Waals surface area contributed by atoms with E-state index in [0.717, 1.165) is 53.9 Å². The van der Waals surface area contributed by atoms with Crippen LogP contribution in [0.2, 0.25) is 0 Å². The van der Waals surface area contributed by atoms with Crippen LogP contribution in [0.5, 0.6) is 0 Å². The summed E-state index contributed by atoms with van der Waals surface area (Å²) in [4.78, 5) is 26.8. The predicted molar refractivity (Wildman–Crippen MR) is 114 cm³/mol. The number of aromatic nitrogens is 3. The van der Waals surface area contributed by atoms with Crippen LogP contribution in [0.15, 0.2) is 48.7 Å². The first-order valence-corrected chi connectivity index (χ1v) is 10.1. The summed E-state index contributed by atoms with van der Waals surface area (Å²) in [5, 5.41) is 10.5. The van der Waals surface area contributed by atoms with Gasteiger partial charge < -0.3 is 15.0 Å². The average molecular weight is 386 g/mol. The van der Waals surface area contributed by atoms with E-state index in [2.05, 4.69) is 34.1 Å². The highest BCUT2D eigenvalue weighted by atomic mass is 16.4. The van der Waals surface area contributed by atoms with Gasteiger partial charge in [-0.15, -0.1) is 0 Å². The van der Waals surface area contributed by atoms with Gasteiger partial charge in [-0.1, -0.05) is 18.9 Å². The van der Waals surface area contributed by atoms with E-state index >= 15 is 0 Å². The van der Waals surface area contributed by atoms with Crippen LogP contribution < -0.4 is 4.90 Å². The van der Waals surface area contributed by atoms with Crippen molar-refractivity contribution in [2.24, 2.45) is 0 Å². The van der Waals surface area contributed by atoms with Crippen molar-refractivity contribution in [1.29, 1.82) is 0 Å². The minimum Gasteiger partial charge on any atom is -0.478 e. The van der Waals surface area contributed by atoms with Gasteiger partial charge in [-0.2, -0.15) is 0 Å². The molecule has 2 aromatic carbocycles. The van der Waals surface area contributed by atoms with E-state index in [-0.39, 0.29) is 5.56 Å². The van der Waals surface area contributed by atoms with Crippen LogP contribution in [-0.4, -0.2) is 39.1 Å². The first-order valence-electron chi connectivity index (χ1n) is 10.1. The molecular weight excluding hydrogens is 364 g/mol. The zero-order chi connectivity index (χ0) is 19.8. The number of hydrogen-bond acceptors (Lipinski definition) is 4. The molecule has 0 unspecified atom stereocenters. The van der Waals surface area contributed by atoms with Crippen LogP contribution in [-0.2, 0) is 0 Å². The molecule has 0 atom stereocenters. The predicted octanol–water partition coefficient (Wildman–Crippen LogP) is 4.86. The molecule has 146 valence electrons. The summed E-state index contributed by atoms with van der Waals surface area (Å²) in [6.07, 6.45) is 6.65. The number of nitrogens with zero attached hydrogens (tertiary/aromatic N) is 3. The van der Waals surface area contributed by atoms with Crippen molar-refractivity contribution in [3.8, 4) is 11.3 Å². The third-order valence-electron chi connectivity index (χ3n) is 5.63. The maximum Gasteiger partial charge on any atom is 0.335 e. The molecule has 2 aromatic heterocycles. The standard InChI is InChI=1S/C23H22N4O2/c28-23(29)17-6-8-19-20(14-17)26-22(27-11-3-1-2-4-12-27)21(25-19)16-5-7-18-15(13-16)9-10-24-18/h5-10,13-14,24H,1-4,11-12H2,(H,28,29). The van der Waals surface area contributed by atoms with Crippen LogP contribution in [0.3, 0.4) is 0 Å². The summed E-state index contributed by atoms with van der Waals surface area (Å²) < 4.78 is 0. The highest BCUT2D eigenvalue weighted by molar-refractivity contribution is 5.94. The number of rotatable bonds is 3. The third kappa shape index (κ3) is 3.31. The van der Waals surface area contributed by atoms with Gasteiger partial charge in [0.15, 0.2) is 5.82 Å². The Balaban J connectivity index is 1.71. The molecule has 6 nitrogen and oxygen atoms in total. The first kappa shape index (κ1) is 17.7. The molecule has 0 radical (unpaired) electrons. The van der Waals surface area contributed by atoms with Crippen LogP contribution >= 0.6 is 0 Å². The number of anilines is 1. The van der Waals surface area contributed by atoms with E-state index in [9.17, 15) is 9.90 Å². The molecule has 1 aliphatic rings. The molecule has 0 aliphatic carbocycles. The van der Waals surface area contributed by atoms with Crippen molar-refractivity contribution in [3.05, 3.63) is 54.2 Å². The number of hydrogen-bond donors (Lipinski definition) is 2. The monoisotopic (exact) mass is 386 g/mol. The highest BCUT2D eigenvalue weighted by Gasteiger charge is 2.19. The normalized spacial score (nSPS) is 15.0. The van der Waals surface area contributed by atoms with Gasteiger partial charge in [0.05, 0.1) is 16.6 Å². The zero-order valence-electron chi connectivity index (χ0n) is 16.1. The average Bonchev–Trinajstić information content (AvgIpc) is 3.04. The number of aromatic amines is 1. The number of benzene rings is 2. The topological polar surface area (TPSA) is 82.1 Å². The van der Waals surface area contributed by atoms with E-state index in [1.165, 1.54) is 12.8 Å². The summed E-state index contributed by atoms with van der Waals surface area (Å²) >= 11 is 0. The molecule has 0 saturated carbocycles. The Morgan fingerprint density at radius 2 is 1.76 bits per heavy atom. The molecule has 2 N–H and O–H groups in total. The molecule has 0 amide bonds. The van der Waals surface area contributed by atoms with E-state index in [0.29, 0.717) is 11.0 Å². The molecule has 0 bridgehead atoms. The maximum atomic E-state index is 11.4. The van der Waals surface area contributed by atoms with Crippen molar-refractivity contribution in [2.75, 3.05) is 18.0 Å². The van der Waals surface area contributed by atoms with Gasteiger partial charge in [0, 0.05) is 35.8 Å². The molecule has 29 heavy (non-hydrogen) atoms. The van der Waals surface area contributed by atoms with Gasteiger partial charge in [-0.05, 0) is 49.2 Å². The molecule has 4 aromatic rings. The fourth-order valence-corrected chi connectivity index (χ4v) is 4.08. The highest BCUT2D eigenvalue weighted by Crippen LogP contribution is 2.33. The van der Waals surface area contributed by atoms with Crippen LogP contribution in [0, 0.1) is 0 Å². The number of carboxylic acid groups (broad SMARTS) is 1. The fraction of sp³-hybridized carbons (Fsp3) is 0.261. The number of nitrogens with one attached hydrogen (secondary N) is 1. The quantitative estimate of drug-likeness (QED) is 0.526. The summed E-state index contributed by atoms with van der Waals surface area (Å²) in [5.41, 5.74) is 4.52. The summed E-state index contributed by atoms with van der Waals surface area (Å²) in [5.74, 6) is -0.108. The minimum atomic E-state index is -0.952. The lowest BCUT2D eigenvalue weighted by Gasteiger charge is -2.24. The van der Waals surface area contributed by atoms with Crippen molar-refractivity contribution in [3.63, 3.8) is 0 Å². The Bertz CT molecular complexity index is 1210. The third-order valence-corrected chi connectivity index (χ3v) is 5.63. The van der Waals surface area contributed by atoms with Gasteiger partial charge >= 0.3 is 5.97 Å². The van der Waals surface area contributed by atoms with Gasteiger partial charge in [-0.3, -0.25) is 0 Å². The number of carboxylic acids is 1. The summed E-state index contributed by atoms with van der Waals surface area (Å²) in [6, 6.07) is 13.3. The maximum absolute atomic E-state index is 11.4. The smallest absolute Gasteiger partial charge is 0.335 e. The number of aromatic carboxylic acids is 1. The fourth-order valence-electron chi connectivity index (χ4n) is 4.08. The second kappa shape index (κ2) is 7.20. The SMILES string of the molecule is O=C(O)c1ccc2nc(-c3ccc4[nH]ccc4c3)c(N3CCCCCC3)nc2c1. The number of fused-ring (bicyclic) bond motifs is 2. The van der Waals surface area contributed by atoms with Crippen LogP contribution in [0.1, 0.15) is 36.0 Å². The summed E-state index contributed by atoms with van der Waals surface area (Å²) in [6.45, 7) is 1.89. The van der Waals surface area contributed by atoms with Crippen molar-refractivity contribution in [1.82, 2.24) is 15.0 Å². The largest absolute Gasteiger partial charge is 0.478 e. The Kier molecular flexibility index (Phi) is 4.39. The molecule has 1 saturated heterocycles. The van der Waals surface area contributed by atoms with E-state index in [4.69, 9.17) is 9.97 Å². The Morgan fingerprint density at radius 1 is 0.931 bits per heavy atom. The molecule has 1 aliphatic heterocycles. The van der Waals surface area contributed by atoms with Crippen LogP contribution in [0.4, 0.5) is 5.82 Å². The molecule has 6 heteroatoms. The second-order valence-electron chi connectivity index (χ2n) is 7.59. The van der Waals surface area contributed by atoms with Gasteiger partial charge in [0.1, 0.15) is 5.69 Å². The first-order chi connectivity index (χ1) is 14.2. The molecule has 3 heterocycles. The Hall–Kier alpha value is -3.41. The Morgan fingerprint density at radius 3 is 2.55 bits per heavy atom. The second-order valence-corrected chi connectivity index (χ2v) is 7.59. The molecular formula is C23H22N4O2. The van der Waals surface area contributed by atoms with Crippen molar-refractivity contribution >= 4 is 33.7 Å². The van der Waals surface area contributed by atoms with Crippen molar-refractivity contribution in [2.45, 2.75) is 25.7 Å². The molecule has 5 rings (SSSR count). The van der Waals surface area contributed by atoms with E-state index in [1.54, 1.807) is 18.2 Å². The van der Waals surface area contributed by atoms with Crippen LogP contribution in [0.25, 0.3) is 33.2 Å². The van der Waals surface area contributed by atoms with E-state index in [1.807, 2.05) is 6.20 Å². The van der Waals surface area contributed by atoms with Crippen molar-refractivity contribution < 1.29 is 9.90 Å². The van der Waals surface area contributed by atoms with E-state index < -0.39 is 5.97 Å². The number of carbonyl (C=O) groups is 1.